The summed E-state index contributed by atoms with van der Waals surface area (Å²) in [5.41, 5.74) is 5.36. The van der Waals surface area contributed by atoms with Crippen LogP contribution in [-0.2, 0) is 6.42 Å². The zero-order valence-electron chi connectivity index (χ0n) is 12.0. The fourth-order valence-electron chi connectivity index (χ4n) is 2.57. The van der Waals surface area contributed by atoms with Crippen LogP contribution in [-0.4, -0.2) is 11.5 Å². The quantitative estimate of drug-likeness (QED) is 0.882. The van der Waals surface area contributed by atoms with Gasteiger partial charge in [-0.15, -0.1) is 0 Å². The molecule has 1 heterocycles. The first-order valence-corrected chi connectivity index (χ1v) is 6.89. The Morgan fingerprint density at radius 2 is 1.68 bits per heavy atom. The number of nitrogens with one attached hydrogen (secondary N) is 1. The second kappa shape index (κ2) is 6.48. The predicted octanol–water partition coefficient (Wildman–Crippen LogP) is 3.59. The molecule has 1 N–H and O–H groups in total. The van der Waals surface area contributed by atoms with Crippen molar-refractivity contribution in [3.05, 3.63) is 65.0 Å². The van der Waals surface area contributed by atoms with Crippen molar-refractivity contribution in [2.75, 3.05) is 6.54 Å². The molecule has 0 aliphatic carbocycles. The Hall–Kier alpha value is -1.67. The molecule has 0 bridgehead atoms. The van der Waals surface area contributed by atoms with E-state index in [1.54, 1.807) is 0 Å². The van der Waals surface area contributed by atoms with Gasteiger partial charge in [0.05, 0.1) is 0 Å². The molecule has 100 valence electrons. The average molecular weight is 254 g/mol. The first-order chi connectivity index (χ1) is 9.19. The van der Waals surface area contributed by atoms with Crippen molar-refractivity contribution in [3.63, 3.8) is 0 Å². The van der Waals surface area contributed by atoms with Gasteiger partial charge in [-0.25, -0.2) is 0 Å². The van der Waals surface area contributed by atoms with Crippen LogP contribution in [0.15, 0.2) is 42.7 Å². The molecule has 0 saturated carbocycles. The van der Waals surface area contributed by atoms with Gasteiger partial charge in [0.15, 0.2) is 0 Å². The van der Waals surface area contributed by atoms with Crippen molar-refractivity contribution < 1.29 is 0 Å². The minimum Gasteiger partial charge on any atom is -0.310 e. The molecule has 1 aromatic carbocycles. The van der Waals surface area contributed by atoms with Gasteiger partial charge in [0, 0.05) is 18.4 Å². The molecule has 0 radical (unpaired) electrons. The zero-order chi connectivity index (χ0) is 13.7. The van der Waals surface area contributed by atoms with Crippen molar-refractivity contribution in [1.29, 1.82) is 0 Å². The van der Waals surface area contributed by atoms with Crippen LogP contribution in [0.25, 0.3) is 0 Å². The largest absolute Gasteiger partial charge is 0.310 e. The van der Waals surface area contributed by atoms with E-state index < -0.39 is 0 Å². The van der Waals surface area contributed by atoms with Crippen molar-refractivity contribution in [2.24, 2.45) is 0 Å². The van der Waals surface area contributed by atoms with E-state index in [2.05, 4.69) is 61.4 Å². The minimum absolute atomic E-state index is 0.356. The monoisotopic (exact) mass is 254 g/mol. The zero-order valence-corrected chi connectivity index (χ0v) is 12.0. The number of pyridine rings is 1. The third kappa shape index (κ3) is 3.90. The predicted molar refractivity (Wildman–Crippen MR) is 80.3 cm³/mol. The summed E-state index contributed by atoms with van der Waals surface area (Å²) in [5.74, 6) is 0. The van der Waals surface area contributed by atoms with Crippen molar-refractivity contribution in [2.45, 2.75) is 33.2 Å². The summed E-state index contributed by atoms with van der Waals surface area (Å²) >= 11 is 0. The first-order valence-electron chi connectivity index (χ1n) is 6.89. The van der Waals surface area contributed by atoms with Gasteiger partial charge in [-0.05, 0) is 50.1 Å². The minimum atomic E-state index is 0.356. The van der Waals surface area contributed by atoms with Crippen LogP contribution < -0.4 is 5.32 Å². The fourth-order valence-corrected chi connectivity index (χ4v) is 2.57. The number of benzene rings is 1. The van der Waals surface area contributed by atoms with Gasteiger partial charge in [0.25, 0.3) is 0 Å². The third-order valence-electron chi connectivity index (χ3n) is 3.28. The molecule has 0 aliphatic heterocycles. The highest BCUT2D eigenvalue weighted by atomic mass is 14.9. The first kappa shape index (κ1) is 13.8. The van der Waals surface area contributed by atoms with Crippen LogP contribution in [0.3, 0.4) is 0 Å². The lowest BCUT2D eigenvalue weighted by Crippen LogP contribution is -2.23. The molecule has 19 heavy (non-hydrogen) atoms. The Balaban J connectivity index is 2.21. The summed E-state index contributed by atoms with van der Waals surface area (Å²) < 4.78 is 0. The van der Waals surface area contributed by atoms with Gasteiger partial charge in [-0.3, -0.25) is 4.98 Å². The molecular formula is C17H22N2. The van der Waals surface area contributed by atoms with E-state index >= 15 is 0 Å². The molecule has 0 fully saturated rings. The van der Waals surface area contributed by atoms with E-state index in [0.29, 0.717) is 6.04 Å². The van der Waals surface area contributed by atoms with E-state index in [4.69, 9.17) is 0 Å². The van der Waals surface area contributed by atoms with Crippen LogP contribution in [0.5, 0.6) is 0 Å². The lowest BCUT2D eigenvalue weighted by molar-refractivity contribution is 0.549. The average Bonchev–Trinajstić information content (AvgIpc) is 2.38. The van der Waals surface area contributed by atoms with Crippen LogP contribution in [0, 0.1) is 13.8 Å². The second-order valence-electron chi connectivity index (χ2n) is 5.09. The van der Waals surface area contributed by atoms with E-state index in [0.717, 1.165) is 13.0 Å². The molecule has 2 nitrogen and oxygen atoms in total. The van der Waals surface area contributed by atoms with E-state index in [1.807, 2.05) is 12.4 Å². The molecule has 0 aliphatic rings. The summed E-state index contributed by atoms with van der Waals surface area (Å²) in [7, 11) is 0. The number of hydrogen-bond donors (Lipinski definition) is 1. The summed E-state index contributed by atoms with van der Waals surface area (Å²) in [6.45, 7) is 7.43. The lowest BCUT2D eigenvalue weighted by Gasteiger charge is -2.19. The molecule has 2 heteroatoms. The van der Waals surface area contributed by atoms with Gasteiger partial charge < -0.3 is 5.32 Å². The smallest absolute Gasteiger partial charge is 0.0361 e. The Kier molecular flexibility index (Phi) is 4.69. The highest BCUT2D eigenvalue weighted by Crippen LogP contribution is 2.19. The van der Waals surface area contributed by atoms with Gasteiger partial charge in [0.1, 0.15) is 0 Å². The molecular weight excluding hydrogens is 232 g/mol. The van der Waals surface area contributed by atoms with Crippen molar-refractivity contribution in [1.82, 2.24) is 10.3 Å². The third-order valence-corrected chi connectivity index (χ3v) is 3.28. The highest BCUT2D eigenvalue weighted by Gasteiger charge is 2.11. The molecule has 1 atom stereocenters. The molecule has 0 spiro atoms. The molecule has 1 unspecified atom stereocenters. The number of nitrogens with zero attached hydrogens (tertiary/aromatic N) is 1. The maximum absolute atomic E-state index is 4.10. The Morgan fingerprint density at radius 1 is 1.05 bits per heavy atom. The Bertz CT molecular complexity index is 500. The normalized spacial score (nSPS) is 12.4. The maximum Gasteiger partial charge on any atom is 0.0361 e. The molecule has 0 amide bonds. The van der Waals surface area contributed by atoms with E-state index in [-0.39, 0.29) is 0 Å². The number of likely N-dealkylation sites (N-methyl/N-ethyl adjacent to an activating group) is 1. The van der Waals surface area contributed by atoms with Gasteiger partial charge in [0.2, 0.25) is 0 Å². The number of aryl methyl sites for hydroxylation is 2. The van der Waals surface area contributed by atoms with Gasteiger partial charge >= 0.3 is 0 Å². The number of aromatic nitrogens is 1. The van der Waals surface area contributed by atoms with Gasteiger partial charge in [-0.2, -0.15) is 0 Å². The number of rotatable bonds is 5. The summed E-state index contributed by atoms with van der Waals surface area (Å²) in [4.78, 5) is 4.10. The van der Waals surface area contributed by atoms with Crippen molar-refractivity contribution in [3.8, 4) is 0 Å². The Morgan fingerprint density at radius 3 is 2.26 bits per heavy atom. The van der Waals surface area contributed by atoms with Crippen LogP contribution in [0.4, 0.5) is 0 Å². The SMILES string of the molecule is CCNC(Cc1cc(C)cc(C)c1)c1ccncc1. The van der Waals surface area contributed by atoms with Crippen LogP contribution >= 0.6 is 0 Å². The standard InChI is InChI=1S/C17H22N2/c1-4-19-17(16-5-7-18-8-6-16)12-15-10-13(2)9-14(3)11-15/h5-11,17,19H,4,12H2,1-3H3. The van der Waals surface area contributed by atoms with E-state index in [1.165, 1.54) is 22.3 Å². The fraction of sp³-hybridized carbons (Fsp3) is 0.353. The van der Waals surface area contributed by atoms with Gasteiger partial charge in [-0.1, -0.05) is 36.2 Å². The van der Waals surface area contributed by atoms with E-state index in [9.17, 15) is 0 Å². The molecule has 2 aromatic rings. The highest BCUT2D eigenvalue weighted by molar-refractivity contribution is 5.30. The Labute approximate surface area is 115 Å². The topological polar surface area (TPSA) is 24.9 Å². The molecule has 1 aromatic heterocycles. The second-order valence-corrected chi connectivity index (χ2v) is 5.09. The number of hydrogen-bond acceptors (Lipinski definition) is 2. The maximum atomic E-state index is 4.10. The molecule has 0 saturated heterocycles. The van der Waals surface area contributed by atoms with Crippen LogP contribution in [0.2, 0.25) is 0 Å². The lowest BCUT2D eigenvalue weighted by atomic mass is 9.97. The van der Waals surface area contributed by atoms with Crippen LogP contribution in [0.1, 0.15) is 35.2 Å². The summed E-state index contributed by atoms with van der Waals surface area (Å²) in [6.07, 6.45) is 4.74. The molecule has 2 rings (SSSR count). The summed E-state index contributed by atoms with van der Waals surface area (Å²) in [5, 5.41) is 3.56. The summed E-state index contributed by atoms with van der Waals surface area (Å²) in [6, 6.07) is 11.3. The van der Waals surface area contributed by atoms with Crippen molar-refractivity contribution >= 4 is 0 Å².